The van der Waals surface area contributed by atoms with Gasteiger partial charge in [-0.05, 0) is 32.8 Å². The Balaban J connectivity index is 2.19. The molecule has 2 nitrogen and oxygen atoms in total. The van der Waals surface area contributed by atoms with Crippen molar-refractivity contribution in [3.63, 3.8) is 0 Å². The molecule has 0 amide bonds. The van der Waals surface area contributed by atoms with Gasteiger partial charge in [-0.2, -0.15) is 0 Å². The highest BCUT2D eigenvalue weighted by atomic mass is 15.0. The molecule has 0 fully saturated rings. The average Bonchev–Trinajstić information content (AvgIpc) is 2.15. The van der Waals surface area contributed by atoms with Crippen LogP contribution in [0.1, 0.15) is 27.2 Å². The number of fused-ring (bicyclic) bond motifs is 1. The first-order valence-electron chi connectivity index (χ1n) is 6.05. The first kappa shape index (κ1) is 11.6. The predicted molar refractivity (Wildman–Crippen MR) is 69.1 cm³/mol. The van der Waals surface area contributed by atoms with E-state index in [1.165, 1.54) is 5.57 Å². The lowest BCUT2D eigenvalue weighted by atomic mass is 9.76. The van der Waals surface area contributed by atoms with E-state index >= 15 is 0 Å². The first-order valence-corrected chi connectivity index (χ1v) is 6.05. The van der Waals surface area contributed by atoms with Crippen LogP contribution < -0.4 is 11.1 Å². The van der Waals surface area contributed by atoms with E-state index in [0.717, 1.165) is 6.42 Å². The molecule has 16 heavy (non-hydrogen) atoms. The van der Waals surface area contributed by atoms with Crippen molar-refractivity contribution in [2.75, 3.05) is 0 Å². The molecule has 0 saturated heterocycles. The number of allylic oxidation sites excluding steroid dienone is 3. The minimum atomic E-state index is 0.141. The second kappa shape index (κ2) is 4.19. The zero-order valence-electron chi connectivity index (χ0n) is 10.4. The molecule has 0 radical (unpaired) electrons. The van der Waals surface area contributed by atoms with Gasteiger partial charge in [-0.25, -0.2) is 0 Å². The van der Waals surface area contributed by atoms with Gasteiger partial charge in [0.2, 0.25) is 0 Å². The molecule has 0 spiro atoms. The molecule has 2 aliphatic carbocycles. The normalized spacial score (nSPS) is 33.5. The molecule has 2 aliphatic rings. The van der Waals surface area contributed by atoms with Crippen LogP contribution in [0.15, 0.2) is 36.0 Å². The van der Waals surface area contributed by atoms with Crippen molar-refractivity contribution in [3.05, 3.63) is 36.0 Å². The maximum atomic E-state index is 6.20. The Morgan fingerprint density at radius 3 is 2.81 bits per heavy atom. The zero-order chi connectivity index (χ0) is 11.8. The van der Waals surface area contributed by atoms with Crippen LogP contribution in [0.5, 0.6) is 0 Å². The van der Waals surface area contributed by atoms with E-state index in [4.69, 9.17) is 5.73 Å². The third kappa shape index (κ3) is 2.45. The van der Waals surface area contributed by atoms with Crippen molar-refractivity contribution < 1.29 is 0 Å². The van der Waals surface area contributed by atoms with Crippen molar-refractivity contribution in [2.45, 2.75) is 44.8 Å². The number of hydrogen-bond acceptors (Lipinski definition) is 2. The fourth-order valence-corrected chi connectivity index (χ4v) is 2.62. The van der Waals surface area contributed by atoms with E-state index in [0.29, 0.717) is 12.0 Å². The molecule has 88 valence electrons. The van der Waals surface area contributed by atoms with Crippen LogP contribution >= 0.6 is 0 Å². The zero-order valence-corrected chi connectivity index (χ0v) is 10.4. The fraction of sp³-hybridized carbons (Fsp3) is 0.571. The lowest BCUT2D eigenvalue weighted by Gasteiger charge is -2.39. The molecular formula is C14H22N2. The van der Waals surface area contributed by atoms with Gasteiger partial charge < -0.3 is 11.1 Å². The molecule has 0 aromatic carbocycles. The summed E-state index contributed by atoms with van der Waals surface area (Å²) in [6, 6.07) is 0.598. The lowest BCUT2D eigenvalue weighted by molar-refractivity contribution is 0.286. The summed E-state index contributed by atoms with van der Waals surface area (Å²) >= 11 is 0. The standard InChI is InChI=1S/C14H22N2/c1-14(2,3)16-12-9-5-7-10-6-4-8-11(15)13(10)12/h4-8,11-13,16H,9,15H2,1-3H3. The van der Waals surface area contributed by atoms with Crippen molar-refractivity contribution >= 4 is 0 Å². The van der Waals surface area contributed by atoms with Gasteiger partial charge in [-0.3, -0.25) is 0 Å². The molecule has 0 saturated carbocycles. The Bertz CT molecular complexity index is 344. The Labute approximate surface area is 98.3 Å². The molecule has 0 aromatic rings. The number of nitrogens with one attached hydrogen (secondary N) is 1. The Morgan fingerprint density at radius 1 is 1.38 bits per heavy atom. The highest BCUT2D eigenvalue weighted by Gasteiger charge is 2.33. The van der Waals surface area contributed by atoms with E-state index in [1.54, 1.807) is 0 Å². The van der Waals surface area contributed by atoms with Gasteiger partial charge in [0.05, 0.1) is 0 Å². The maximum Gasteiger partial charge on any atom is 0.0311 e. The van der Waals surface area contributed by atoms with Gasteiger partial charge in [-0.15, -0.1) is 0 Å². The van der Waals surface area contributed by atoms with Gasteiger partial charge in [0.25, 0.3) is 0 Å². The van der Waals surface area contributed by atoms with Crippen molar-refractivity contribution in [3.8, 4) is 0 Å². The van der Waals surface area contributed by atoms with Crippen LogP contribution in [0.3, 0.4) is 0 Å². The molecule has 0 aliphatic heterocycles. The van der Waals surface area contributed by atoms with Gasteiger partial charge in [0.1, 0.15) is 0 Å². The molecule has 3 unspecified atom stereocenters. The first-order chi connectivity index (χ1) is 7.47. The Morgan fingerprint density at radius 2 is 2.12 bits per heavy atom. The van der Waals surface area contributed by atoms with Crippen LogP contribution in [0.4, 0.5) is 0 Å². The maximum absolute atomic E-state index is 6.20. The van der Waals surface area contributed by atoms with Crippen LogP contribution in [0.2, 0.25) is 0 Å². The summed E-state index contributed by atoms with van der Waals surface area (Å²) in [7, 11) is 0. The molecular weight excluding hydrogens is 196 g/mol. The van der Waals surface area contributed by atoms with E-state index in [1.807, 2.05) is 0 Å². The molecule has 2 heteroatoms. The second-order valence-electron chi connectivity index (χ2n) is 5.79. The summed E-state index contributed by atoms with van der Waals surface area (Å²) < 4.78 is 0. The highest BCUT2D eigenvalue weighted by molar-refractivity contribution is 5.37. The number of nitrogens with two attached hydrogens (primary N) is 1. The average molecular weight is 218 g/mol. The second-order valence-corrected chi connectivity index (χ2v) is 5.79. The predicted octanol–water partition coefficient (Wildman–Crippen LogP) is 2.14. The topological polar surface area (TPSA) is 38.0 Å². The van der Waals surface area contributed by atoms with Crippen LogP contribution in [0.25, 0.3) is 0 Å². The summed E-state index contributed by atoms with van der Waals surface area (Å²) in [6.07, 6.45) is 11.9. The molecule has 0 aromatic heterocycles. The van der Waals surface area contributed by atoms with E-state index in [-0.39, 0.29) is 11.6 Å². The van der Waals surface area contributed by atoms with E-state index in [9.17, 15) is 0 Å². The van der Waals surface area contributed by atoms with Crippen molar-refractivity contribution in [2.24, 2.45) is 11.7 Å². The molecule has 0 bridgehead atoms. The summed E-state index contributed by atoms with van der Waals surface area (Å²) in [5.41, 5.74) is 7.70. The molecule has 0 heterocycles. The lowest BCUT2D eigenvalue weighted by Crippen LogP contribution is -2.52. The molecule has 3 N–H and O–H groups in total. The van der Waals surface area contributed by atoms with E-state index in [2.05, 4.69) is 56.5 Å². The van der Waals surface area contributed by atoms with Crippen LogP contribution in [-0.2, 0) is 0 Å². The SMILES string of the molecule is CC(C)(C)NC1CC=CC2=CC=CC(N)C21. The summed E-state index contributed by atoms with van der Waals surface area (Å²) in [5.74, 6) is 0.425. The van der Waals surface area contributed by atoms with Crippen LogP contribution in [-0.4, -0.2) is 17.6 Å². The third-order valence-electron chi connectivity index (χ3n) is 3.17. The summed E-state index contributed by atoms with van der Waals surface area (Å²) in [4.78, 5) is 0. The number of rotatable bonds is 1. The third-order valence-corrected chi connectivity index (χ3v) is 3.17. The van der Waals surface area contributed by atoms with Crippen molar-refractivity contribution in [1.29, 1.82) is 0 Å². The molecule has 2 rings (SSSR count). The monoisotopic (exact) mass is 218 g/mol. The smallest absolute Gasteiger partial charge is 0.0311 e. The van der Waals surface area contributed by atoms with Crippen LogP contribution in [0, 0.1) is 5.92 Å². The minimum absolute atomic E-state index is 0.141. The minimum Gasteiger partial charge on any atom is -0.324 e. The summed E-state index contributed by atoms with van der Waals surface area (Å²) in [6.45, 7) is 6.62. The Kier molecular flexibility index (Phi) is 3.04. The highest BCUT2D eigenvalue weighted by Crippen LogP contribution is 2.31. The Hall–Kier alpha value is -0.860. The van der Waals surface area contributed by atoms with Gasteiger partial charge in [0.15, 0.2) is 0 Å². The fourth-order valence-electron chi connectivity index (χ4n) is 2.62. The number of hydrogen-bond donors (Lipinski definition) is 2. The van der Waals surface area contributed by atoms with Gasteiger partial charge in [0, 0.05) is 23.5 Å². The summed E-state index contributed by atoms with van der Waals surface area (Å²) in [5, 5.41) is 3.68. The largest absolute Gasteiger partial charge is 0.324 e. The van der Waals surface area contributed by atoms with E-state index < -0.39 is 0 Å². The van der Waals surface area contributed by atoms with Crippen molar-refractivity contribution in [1.82, 2.24) is 5.32 Å². The quantitative estimate of drug-likeness (QED) is 0.707. The van der Waals surface area contributed by atoms with Gasteiger partial charge >= 0.3 is 0 Å². The van der Waals surface area contributed by atoms with Gasteiger partial charge in [-0.1, -0.05) is 30.4 Å². The molecule has 3 atom stereocenters.